The van der Waals surface area contributed by atoms with E-state index in [1.807, 2.05) is 0 Å². The zero-order chi connectivity index (χ0) is 6.36. The minimum atomic E-state index is 0.417. The van der Waals surface area contributed by atoms with Crippen LogP contribution in [-0.4, -0.2) is 6.04 Å². The Morgan fingerprint density at radius 2 is 2.00 bits per heavy atom. The summed E-state index contributed by atoms with van der Waals surface area (Å²) in [6, 6.07) is 0.456. The van der Waals surface area contributed by atoms with E-state index in [1.165, 1.54) is 6.42 Å². The van der Waals surface area contributed by atoms with Gasteiger partial charge in [-0.1, -0.05) is 20.8 Å². The number of hydrogen-bond donors (Lipinski definition) is 1. The third-order valence-corrected chi connectivity index (χ3v) is 2.83. The van der Waals surface area contributed by atoms with Crippen LogP contribution in [0.15, 0.2) is 0 Å². The Kier molecular flexibility index (Phi) is 1.12. The predicted molar refractivity (Wildman–Crippen MR) is 35.5 cm³/mol. The van der Waals surface area contributed by atoms with Crippen LogP contribution < -0.4 is 5.73 Å². The quantitative estimate of drug-likeness (QED) is 0.504. The van der Waals surface area contributed by atoms with Gasteiger partial charge in [0.1, 0.15) is 0 Å². The molecule has 1 nitrogen and oxygen atoms in total. The molecule has 0 amide bonds. The van der Waals surface area contributed by atoms with Crippen molar-refractivity contribution in [1.82, 2.24) is 0 Å². The molecule has 0 aromatic rings. The maximum atomic E-state index is 5.75. The molecule has 1 heteroatoms. The predicted octanol–water partition coefficient (Wildman–Crippen LogP) is 1.38. The first kappa shape index (κ1) is 6.09. The van der Waals surface area contributed by atoms with Gasteiger partial charge in [0.05, 0.1) is 0 Å². The lowest BCUT2D eigenvalue weighted by atomic mass is 9.60. The van der Waals surface area contributed by atoms with Crippen LogP contribution in [0.25, 0.3) is 0 Å². The Morgan fingerprint density at radius 1 is 1.50 bits per heavy atom. The molecule has 48 valence electrons. The lowest BCUT2D eigenvalue weighted by molar-refractivity contribution is 0.0527. The van der Waals surface area contributed by atoms with E-state index in [1.54, 1.807) is 0 Å². The number of rotatable bonds is 0. The fourth-order valence-corrected chi connectivity index (χ4v) is 1.19. The lowest BCUT2D eigenvalue weighted by Gasteiger charge is -2.48. The minimum absolute atomic E-state index is 0.417. The molecule has 1 rings (SSSR count). The van der Waals surface area contributed by atoms with E-state index in [4.69, 9.17) is 5.73 Å². The lowest BCUT2D eigenvalue weighted by Crippen LogP contribution is -2.53. The molecule has 1 fully saturated rings. The van der Waals surface area contributed by atoms with E-state index < -0.39 is 0 Å². The van der Waals surface area contributed by atoms with Gasteiger partial charge in [-0.15, -0.1) is 0 Å². The molecule has 1 aliphatic rings. The molecule has 0 heterocycles. The minimum Gasteiger partial charge on any atom is -0.327 e. The van der Waals surface area contributed by atoms with Crippen molar-refractivity contribution in [1.29, 1.82) is 0 Å². The molecule has 8 heavy (non-hydrogen) atoms. The largest absolute Gasteiger partial charge is 0.327 e. The van der Waals surface area contributed by atoms with Crippen LogP contribution in [-0.2, 0) is 0 Å². The van der Waals surface area contributed by atoms with Crippen LogP contribution in [0, 0.1) is 11.3 Å². The zero-order valence-corrected chi connectivity index (χ0v) is 5.94. The second-order valence-corrected chi connectivity index (χ2v) is 3.56. The van der Waals surface area contributed by atoms with Gasteiger partial charge in [-0.05, 0) is 17.8 Å². The second-order valence-electron chi connectivity index (χ2n) is 3.56. The molecule has 0 aliphatic heterocycles. The van der Waals surface area contributed by atoms with Gasteiger partial charge in [0.25, 0.3) is 0 Å². The van der Waals surface area contributed by atoms with Crippen LogP contribution in [0.3, 0.4) is 0 Å². The highest BCUT2D eigenvalue weighted by Crippen LogP contribution is 2.44. The van der Waals surface area contributed by atoms with Crippen LogP contribution in [0.2, 0.25) is 0 Å². The van der Waals surface area contributed by atoms with E-state index in [9.17, 15) is 0 Å². The summed E-state index contributed by atoms with van der Waals surface area (Å²) >= 11 is 0. The maximum absolute atomic E-state index is 5.75. The molecule has 0 aromatic heterocycles. The van der Waals surface area contributed by atoms with Crippen molar-refractivity contribution in [3.63, 3.8) is 0 Å². The molecule has 0 radical (unpaired) electrons. The van der Waals surface area contributed by atoms with Gasteiger partial charge in [-0.3, -0.25) is 0 Å². The average molecular weight is 113 g/mol. The molecule has 1 aliphatic carbocycles. The fraction of sp³-hybridized carbons (Fsp3) is 1.00. The van der Waals surface area contributed by atoms with Crippen molar-refractivity contribution in [2.75, 3.05) is 0 Å². The highest BCUT2D eigenvalue weighted by molar-refractivity contribution is 4.96. The molecule has 0 bridgehead atoms. The van der Waals surface area contributed by atoms with E-state index in [0.717, 1.165) is 5.92 Å². The van der Waals surface area contributed by atoms with E-state index in [-0.39, 0.29) is 0 Å². The Labute approximate surface area is 51.3 Å². The van der Waals surface area contributed by atoms with Crippen molar-refractivity contribution in [3.05, 3.63) is 0 Å². The molecule has 0 spiro atoms. The van der Waals surface area contributed by atoms with Gasteiger partial charge in [-0.2, -0.15) is 0 Å². The molecule has 2 atom stereocenters. The Hall–Kier alpha value is -0.0400. The molecule has 2 N–H and O–H groups in total. The highest BCUT2D eigenvalue weighted by atomic mass is 14.7. The summed E-state index contributed by atoms with van der Waals surface area (Å²) in [6.07, 6.45) is 1.22. The zero-order valence-electron chi connectivity index (χ0n) is 5.94. The van der Waals surface area contributed by atoms with E-state index >= 15 is 0 Å². The van der Waals surface area contributed by atoms with Crippen LogP contribution in [0.5, 0.6) is 0 Å². The highest BCUT2D eigenvalue weighted by Gasteiger charge is 2.42. The standard InChI is InChI=1S/C7H15N/c1-5-4-6(8)7(5,2)3/h5-6H,4,8H2,1-3H3/t5-,6+/m0/s1. The first-order chi connectivity index (χ1) is 3.55. The summed E-state index contributed by atoms with van der Waals surface area (Å²) in [5.41, 5.74) is 6.16. The number of nitrogens with two attached hydrogens (primary N) is 1. The monoisotopic (exact) mass is 113 g/mol. The SMILES string of the molecule is C[C@H]1C[C@@H](N)C1(C)C. The third-order valence-electron chi connectivity index (χ3n) is 2.83. The summed E-state index contributed by atoms with van der Waals surface area (Å²) in [5, 5.41) is 0. The van der Waals surface area contributed by atoms with Crippen molar-refractivity contribution >= 4 is 0 Å². The Morgan fingerprint density at radius 3 is 2.00 bits per heavy atom. The second kappa shape index (κ2) is 1.47. The van der Waals surface area contributed by atoms with Gasteiger partial charge in [0.2, 0.25) is 0 Å². The summed E-state index contributed by atoms with van der Waals surface area (Å²) in [4.78, 5) is 0. The molecule has 0 aromatic carbocycles. The number of hydrogen-bond acceptors (Lipinski definition) is 1. The third kappa shape index (κ3) is 0.576. The van der Waals surface area contributed by atoms with Gasteiger partial charge < -0.3 is 5.73 Å². The Balaban J connectivity index is 2.52. The molecular weight excluding hydrogens is 98.1 g/mol. The Bertz CT molecular complexity index is 86.6. The first-order valence-corrected chi connectivity index (χ1v) is 3.30. The smallest absolute Gasteiger partial charge is 0.00955 e. The normalized spacial score (nSPS) is 43.5. The average Bonchev–Trinajstić information content (AvgIpc) is 1.68. The molecule has 0 unspecified atom stereocenters. The van der Waals surface area contributed by atoms with E-state index in [2.05, 4.69) is 20.8 Å². The van der Waals surface area contributed by atoms with E-state index in [0.29, 0.717) is 11.5 Å². The van der Waals surface area contributed by atoms with Crippen LogP contribution in [0.1, 0.15) is 27.2 Å². The van der Waals surface area contributed by atoms with Crippen molar-refractivity contribution in [2.45, 2.75) is 33.2 Å². The molecular formula is C7H15N. The topological polar surface area (TPSA) is 26.0 Å². The van der Waals surface area contributed by atoms with Crippen LogP contribution in [0.4, 0.5) is 0 Å². The molecule has 0 saturated heterocycles. The van der Waals surface area contributed by atoms with Gasteiger partial charge in [0.15, 0.2) is 0 Å². The van der Waals surface area contributed by atoms with Crippen LogP contribution >= 0.6 is 0 Å². The fourth-order valence-electron chi connectivity index (χ4n) is 1.19. The first-order valence-electron chi connectivity index (χ1n) is 3.30. The summed E-state index contributed by atoms with van der Waals surface area (Å²) < 4.78 is 0. The molecule has 1 saturated carbocycles. The van der Waals surface area contributed by atoms with Gasteiger partial charge in [0, 0.05) is 6.04 Å². The summed E-state index contributed by atoms with van der Waals surface area (Å²) in [6.45, 7) is 6.75. The summed E-state index contributed by atoms with van der Waals surface area (Å²) in [7, 11) is 0. The van der Waals surface area contributed by atoms with Gasteiger partial charge in [-0.25, -0.2) is 0 Å². The van der Waals surface area contributed by atoms with Gasteiger partial charge >= 0.3 is 0 Å². The van der Waals surface area contributed by atoms with Crippen molar-refractivity contribution in [2.24, 2.45) is 17.1 Å². The van der Waals surface area contributed by atoms with Crippen molar-refractivity contribution in [3.8, 4) is 0 Å². The van der Waals surface area contributed by atoms with Crippen molar-refractivity contribution < 1.29 is 0 Å². The maximum Gasteiger partial charge on any atom is 0.00955 e. The summed E-state index contributed by atoms with van der Waals surface area (Å²) in [5.74, 6) is 0.831.